The van der Waals surface area contributed by atoms with Crippen LogP contribution in [0.4, 0.5) is 14.9 Å². The van der Waals surface area contributed by atoms with Crippen LogP contribution in [0.1, 0.15) is 28.4 Å². The second-order valence-corrected chi connectivity index (χ2v) is 6.82. The molecule has 0 saturated heterocycles. The maximum atomic E-state index is 12.8. The SMILES string of the molecule is N#Cc1ccc(NC(=O)N[C@@H](c2ccc(CF)cc2)c2ncccc2Br)cc1. The van der Waals surface area contributed by atoms with E-state index in [1.54, 1.807) is 60.8 Å². The Hall–Kier alpha value is -3.24. The number of urea groups is 1. The molecule has 0 radical (unpaired) electrons. The molecule has 0 bridgehead atoms. The summed E-state index contributed by atoms with van der Waals surface area (Å²) in [6.45, 7) is -0.551. The van der Waals surface area contributed by atoms with Gasteiger partial charge in [0.05, 0.1) is 23.4 Å². The zero-order chi connectivity index (χ0) is 19.9. The van der Waals surface area contributed by atoms with Crippen molar-refractivity contribution in [3.8, 4) is 6.07 Å². The highest BCUT2D eigenvalue weighted by molar-refractivity contribution is 9.10. The van der Waals surface area contributed by atoms with Gasteiger partial charge >= 0.3 is 6.03 Å². The van der Waals surface area contributed by atoms with Gasteiger partial charge in [0.1, 0.15) is 6.67 Å². The Kier molecular flexibility index (Phi) is 6.35. The normalized spacial score (nSPS) is 11.3. The molecule has 3 aromatic rings. The number of alkyl halides is 1. The number of anilines is 1. The summed E-state index contributed by atoms with van der Waals surface area (Å²) >= 11 is 3.47. The zero-order valence-electron chi connectivity index (χ0n) is 14.7. The highest BCUT2D eigenvalue weighted by atomic mass is 79.9. The third kappa shape index (κ3) is 4.72. The van der Waals surface area contributed by atoms with E-state index >= 15 is 0 Å². The molecule has 140 valence electrons. The van der Waals surface area contributed by atoms with E-state index in [1.165, 1.54) is 0 Å². The van der Waals surface area contributed by atoms with Gasteiger partial charge in [0.2, 0.25) is 0 Å². The molecular weight excluding hydrogens is 423 g/mol. The van der Waals surface area contributed by atoms with E-state index in [0.717, 1.165) is 10.0 Å². The standard InChI is InChI=1S/C21H16BrFN4O/c22-18-2-1-11-25-20(18)19(16-7-3-14(12-23)4-8-16)27-21(28)26-17-9-5-15(13-24)6-10-17/h1-11,19H,12H2,(H2,26,27,28)/t19-/m0/s1. The van der Waals surface area contributed by atoms with Crippen LogP contribution in [0.2, 0.25) is 0 Å². The van der Waals surface area contributed by atoms with E-state index in [-0.39, 0.29) is 0 Å². The Labute approximate surface area is 170 Å². The van der Waals surface area contributed by atoms with Crippen molar-refractivity contribution < 1.29 is 9.18 Å². The number of halogens is 2. The van der Waals surface area contributed by atoms with Crippen LogP contribution in [0.5, 0.6) is 0 Å². The molecule has 0 aliphatic carbocycles. The summed E-state index contributed by atoms with van der Waals surface area (Å²) in [6.07, 6.45) is 1.64. The molecule has 1 aromatic heterocycles. The van der Waals surface area contributed by atoms with Gasteiger partial charge in [-0.1, -0.05) is 24.3 Å². The summed E-state index contributed by atoms with van der Waals surface area (Å²) in [5.41, 5.74) is 3.03. The number of rotatable bonds is 5. The van der Waals surface area contributed by atoms with Crippen molar-refractivity contribution in [2.45, 2.75) is 12.7 Å². The summed E-state index contributed by atoms with van der Waals surface area (Å²) in [5, 5.41) is 14.5. The van der Waals surface area contributed by atoms with Crippen molar-refractivity contribution in [1.29, 1.82) is 5.26 Å². The van der Waals surface area contributed by atoms with Gasteiger partial charge in [-0.3, -0.25) is 4.98 Å². The van der Waals surface area contributed by atoms with Gasteiger partial charge in [0.15, 0.2) is 0 Å². The Morgan fingerprint density at radius 2 is 1.86 bits per heavy atom. The Morgan fingerprint density at radius 1 is 1.14 bits per heavy atom. The van der Waals surface area contributed by atoms with E-state index < -0.39 is 18.7 Å². The lowest BCUT2D eigenvalue weighted by Gasteiger charge is -2.20. The number of nitrogens with one attached hydrogen (secondary N) is 2. The predicted molar refractivity (Wildman–Crippen MR) is 108 cm³/mol. The summed E-state index contributed by atoms with van der Waals surface area (Å²) in [4.78, 5) is 16.9. The average molecular weight is 439 g/mol. The molecule has 0 saturated carbocycles. The van der Waals surface area contributed by atoms with Crippen molar-refractivity contribution in [1.82, 2.24) is 10.3 Å². The molecule has 0 unspecified atom stereocenters. The molecule has 1 atom stereocenters. The number of benzene rings is 2. The number of aromatic nitrogens is 1. The fraction of sp³-hybridized carbons (Fsp3) is 0.0952. The van der Waals surface area contributed by atoms with Crippen molar-refractivity contribution in [2.24, 2.45) is 0 Å². The first-order valence-corrected chi connectivity index (χ1v) is 9.23. The molecule has 2 amide bonds. The number of carbonyl (C=O) groups is 1. The first-order chi connectivity index (χ1) is 13.6. The van der Waals surface area contributed by atoms with Crippen molar-refractivity contribution in [3.05, 3.63) is 93.7 Å². The molecule has 0 spiro atoms. The maximum absolute atomic E-state index is 12.8. The Morgan fingerprint density at radius 3 is 2.46 bits per heavy atom. The van der Waals surface area contributed by atoms with Crippen molar-refractivity contribution in [3.63, 3.8) is 0 Å². The lowest BCUT2D eigenvalue weighted by atomic mass is 10.0. The monoisotopic (exact) mass is 438 g/mol. The fourth-order valence-corrected chi connectivity index (χ4v) is 3.13. The van der Waals surface area contributed by atoms with E-state index in [2.05, 4.69) is 31.5 Å². The number of hydrogen-bond acceptors (Lipinski definition) is 3. The highest BCUT2D eigenvalue weighted by Gasteiger charge is 2.20. The average Bonchev–Trinajstić information content (AvgIpc) is 2.73. The summed E-state index contributed by atoms with van der Waals surface area (Å²) < 4.78 is 13.6. The second-order valence-electron chi connectivity index (χ2n) is 5.97. The van der Waals surface area contributed by atoms with Gasteiger partial charge in [-0.05, 0) is 63.5 Å². The second kappa shape index (κ2) is 9.11. The minimum Gasteiger partial charge on any atom is -0.325 e. The van der Waals surface area contributed by atoms with Crippen LogP contribution in [0.3, 0.4) is 0 Å². The first-order valence-electron chi connectivity index (χ1n) is 8.43. The zero-order valence-corrected chi connectivity index (χ0v) is 16.3. The molecular formula is C21H16BrFN4O. The van der Waals surface area contributed by atoms with E-state index in [0.29, 0.717) is 22.5 Å². The van der Waals surface area contributed by atoms with E-state index in [4.69, 9.17) is 5.26 Å². The van der Waals surface area contributed by atoms with Crippen LogP contribution in [-0.2, 0) is 6.67 Å². The minimum absolute atomic E-state index is 0.429. The molecule has 7 heteroatoms. The topological polar surface area (TPSA) is 77.8 Å². The van der Waals surface area contributed by atoms with E-state index in [9.17, 15) is 9.18 Å². The molecule has 3 rings (SSSR count). The summed E-state index contributed by atoms with van der Waals surface area (Å²) in [5.74, 6) is 0. The largest absolute Gasteiger partial charge is 0.325 e. The highest BCUT2D eigenvalue weighted by Crippen LogP contribution is 2.27. The molecule has 0 aliphatic heterocycles. The molecule has 2 N–H and O–H groups in total. The number of nitriles is 1. The third-order valence-corrected chi connectivity index (χ3v) is 4.75. The van der Waals surface area contributed by atoms with Gasteiger partial charge in [-0.25, -0.2) is 9.18 Å². The molecule has 0 aliphatic rings. The van der Waals surface area contributed by atoms with Crippen molar-refractivity contribution >= 4 is 27.6 Å². The predicted octanol–water partition coefficient (Wildman–Crippen LogP) is 5.10. The Balaban J connectivity index is 1.84. The van der Waals surface area contributed by atoms with Crippen LogP contribution in [0.25, 0.3) is 0 Å². The van der Waals surface area contributed by atoms with E-state index in [1.807, 2.05) is 12.1 Å². The smallest absolute Gasteiger partial charge is 0.320 e. The molecule has 2 aromatic carbocycles. The van der Waals surface area contributed by atoms with Crippen LogP contribution in [-0.4, -0.2) is 11.0 Å². The quantitative estimate of drug-likeness (QED) is 0.581. The van der Waals surface area contributed by atoms with Gasteiger partial charge in [-0.15, -0.1) is 0 Å². The lowest BCUT2D eigenvalue weighted by Crippen LogP contribution is -2.33. The molecule has 0 fully saturated rings. The summed E-state index contributed by atoms with van der Waals surface area (Å²) in [6, 6.07) is 18.1. The van der Waals surface area contributed by atoms with Crippen molar-refractivity contribution in [2.75, 3.05) is 5.32 Å². The minimum atomic E-state index is -0.551. The van der Waals surface area contributed by atoms with Gasteiger partial charge in [0, 0.05) is 16.4 Å². The summed E-state index contributed by atoms with van der Waals surface area (Å²) in [7, 11) is 0. The van der Waals surface area contributed by atoms with Gasteiger partial charge in [-0.2, -0.15) is 5.26 Å². The van der Waals surface area contributed by atoms with Gasteiger partial charge < -0.3 is 10.6 Å². The Bertz CT molecular complexity index is 1000. The third-order valence-electron chi connectivity index (χ3n) is 4.08. The van der Waals surface area contributed by atoms with Crippen LogP contribution < -0.4 is 10.6 Å². The van der Waals surface area contributed by atoms with Crippen LogP contribution in [0, 0.1) is 11.3 Å². The number of amides is 2. The first kappa shape index (κ1) is 19.5. The molecule has 1 heterocycles. The number of hydrogen-bond donors (Lipinski definition) is 2. The molecule has 5 nitrogen and oxygen atoms in total. The number of carbonyl (C=O) groups excluding carboxylic acids is 1. The van der Waals surface area contributed by atoms with Gasteiger partial charge in [0.25, 0.3) is 0 Å². The molecule has 28 heavy (non-hydrogen) atoms. The fourth-order valence-electron chi connectivity index (χ4n) is 2.65. The maximum Gasteiger partial charge on any atom is 0.320 e. The van der Waals surface area contributed by atoms with Crippen LogP contribution >= 0.6 is 15.9 Å². The number of nitrogens with zero attached hydrogens (tertiary/aromatic N) is 2. The number of pyridine rings is 1. The van der Waals surface area contributed by atoms with Crippen LogP contribution in [0.15, 0.2) is 71.3 Å². The lowest BCUT2D eigenvalue weighted by molar-refractivity contribution is 0.250.